The Labute approximate surface area is 72.2 Å². The fourth-order valence-electron chi connectivity index (χ4n) is 0.663. The molecule has 0 radical (unpaired) electrons. The van der Waals surface area contributed by atoms with Gasteiger partial charge >= 0.3 is 5.97 Å². The molecule has 0 heterocycles. The Hall–Kier alpha value is -0.220. The Bertz CT molecular complexity index is 116. The minimum Gasteiger partial charge on any atom is -0.481 e. The van der Waals surface area contributed by atoms with E-state index in [2.05, 4.69) is 12.6 Å². The second-order valence-corrected chi connectivity index (χ2v) is 2.57. The first-order valence-electron chi connectivity index (χ1n) is 3.63. The molecule has 0 aliphatic carbocycles. The average molecular weight is 178 g/mol. The van der Waals surface area contributed by atoms with Crippen LogP contribution < -0.4 is 0 Å². The quantitative estimate of drug-likeness (QED) is 0.472. The van der Waals surface area contributed by atoms with E-state index >= 15 is 0 Å². The Balaban J connectivity index is 3.44. The molecule has 0 bridgehead atoms. The van der Waals surface area contributed by atoms with Gasteiger partial charge in [0.1, 0.15) is 0 Å². The molecule has 0 fully saturated rings. The SMILES string of the molecule is CCOCCC(CS)C(=O)O. The van der Waals surface area contributed by atoms with Crippen molar-refractivity contribution in [3.8, 4) is 0 Å². The number of aliphatic carboxylic acids is 1. The second kappa shape index (κ2) is 6.49. The van der Waals surface area contributed by atoms with Gasteiger partial charge in [-0.15, -0.1) is 0 Å². The molecule has 0 aliphatic rings. The van der Waals surface area contributed by atoms with Crippen molar-refractivity contribution in [1.29, 1.82) is 0 Å². The summed E-state index contributed by atoms with van der Waals surface area (Å²) in [7, 11) is 0. The third-order valence-electron chi connectivity index (χ3n) is 1.38. The zero-order chi connectivity index (χ0) is 8.69. The molecule has 11 heavy (non-hydrogen) atoms. The van der Waals surface area contributed by atoms with Crippen molar-refractivity contribution in [1.82, 2.24) is 0 Å². The maximum atomic E-state index is 10.4. The number of rotatable bonds is 6. The zero-order valence-corrected chi connectivity index (χ0v) is 7.51. The van der Waals surface area contributed by atoms with Crippen LogP contribution in [0.3, 0.4) is 0 Å². The standard InChI is InChI=1S/C7H14O3S/c1-2-10-4-3-6(5-11)7(8)9/h6,11H,2-5H2,1H3,(H,8,9). The second-order valence-electron chi connectivity index (χ2n) is 2.20. The summed E-state index contributed by atoms with van der Waals surface area (Å²) in [6.45, 7) is 3.03. The van der Waals surface area contributed by atoms with Crippen molar-refractivity contribution >= 4 is 18.6 Å². The molecule has 0 spiro atoms. The maximum Gasteiger partial charge on any atom is 0.307 e. The van der Waals surface area contributed by atoms with Gasteiger partial charge in [-0.2, -0.15) is 12.6 Å². The summed E-state index contributed by atoms with van der Waals surface area (Å²) in [5.41, 5.74) is 0. The van der Waals surface area contributed by atoms with Gasteiger partial charge in [-0.25, -0.2) is 0 Å². The predicted molar refractivity (Wildman–Crippen MR) is 46.1 cm³/mol. The topological polar surface area (TPSA) is 46.5 Å². The molecule has 0 saturated carbocycles. The monoisotopic (exact) mass is 178 g/mol. The van der Waals surface area contributed by atoms with Gasteiger partial charge in [0, 0.05) is 19.0 Å². The molecule has 0 aromatic heterocycles. The Morgan fingerprint density at radius 3 is 2.73 bits per heavy atom. The van der Waals surface area contributed by atoms with Gasteiger partial charge in [0.05, 0.1) is 5.92 Å². The lowest BCUT2D eigenvalue weighted by molar-refractivity contribution is -0.141. The number of carboxylic acids is 1. The highest BCUT2D eigenvalue weighted by molar-refractivity contribution is 7.80. The van der Waals surface area contributed by atoms with Gasteiger partial charge in [0.2, 0.25) is 0 Å². The van der Waals surface area contributed by atoms with Crippen molar-refractivity contribution in [2.24, 2.45) is 5.92 Å². The number of carboxylic acid groups (broad SMARTS) is 1. The van der Waals surface area contributed by atoms with Crippen molar-refractivity contribution in [3.63, 3.8) is 0 Å². The molecule has 66 valence electrons. The summed E-state index contributed by atoms with van der Waals surface area (Å²) in [6, 6.07) is 0. The predicted octanol–water partition coefficient (Wildman–Crippen LogP) is 1.04. The molecule has 1 unspecified atom stereocenters. The minimum absolute atomic E-state index is 0.370. The lowest BCUT2D eigenvalue weighted by atomic mass is 10.1. The van der Waals surface area contributed by atoms with Crippen molar-refractivity contribution in [3.05, 3.63) is 0 Å². The van der Waals surface area contributed by atoms with Gasteiger partial charge in [-0.05, 0) is 13.3 Å². The fraction of sp³-hybridized carbons (Fsp3) is 0.857. The van der Waals surface area contributed by atoms with Crippen LogP contribution >= 0.6 is 12.6 Å². The number of hydrogen-bond acceptors (Lipinski definition) is 3. The van der Waals surface area contributed by atoms with E-state index in [1.54, 1.807) is 0 Å². The lowest BCUT2D eigenvalue weighted by Crippen LogP contribution is -2.17. The highest BCUT2D eigenvalue weighted by Gasteiger charge is 2.14. The molecule has 1 atom stereocenters. The van der Waals surface area contributed by atoms with Crippen LogP contribution in [0.5, 0.6) is 0 Å². The number of carbonyl (C=O) groups is 1. The number of thiol groups is 1. The van der Waals surface area contributed by atoms with Crippen LogP contribution in [0.2, 0.25) is 0 Å². The Morgan fingerprint density at radius 1 is 1.73 bits per heavy atom. The van der Waals surface area contributed by atoms with Gasteiger partial charge in [0.25, 0.3) is 0 Å². The Kier molecular flexibility index (Phi) is 6.36. The van der Waals surface area contributed by atoms with Gasteiger partial charge in [0.15, 0.2) is 0 Å². The van der Waals surface area contributed by atoms with E-state index in [0.29, 0.717) is 25.4 Å². The molecule has 0 aromatic carbocycles. The summed E-state index contributed by atoms with van der Waals surface area (Å²) in [6.07, 6.45) is 0.548. The molecule has 0 saturated heterocycles. The number of ether oxygens (including phenoxy) is 1. The van der Waals surface area contributed by atoms with Crippen molar-refractivity contribution in [2.75, 3.05) is 19.0 Å². The van der Waals surface area contributed by atoms with E-state index in [1.807, 2.05) is 6.92 Å². The highest BCUT2D eigenvalue weighted by atomic mass is 32.1. The Morgan fingerprint density at radius 2 is 2.36 bits per heavy atom. The molecule has 3 nitrogen and oxygen atoms in total. The van der Waals surface area contributed by atoms with Gasteiger partial charge < -0.3 is 9.84 Å². The largest absolute Gasteiger partial charge is 0.481 e. The summed E-state index contributed by atoms with van der Waals surface area (Å²) >= 11 is 3.92. The summed E-state index contributed by atoms with van der Waals surface area (Å²) in [5, 5.41) is 8.57. The molecule has 1 N–H and O–H groups in total. The molecule has 0 amide bonds. The normalized spacial score (nSPS) is 12.9. The fourth-order valence-corrected chi connectivity index (χ4v) is 1.00. The summed E-state index contributed by atoms with van der Waals surface area (Å²) < 4.78 is 5.02. The van der Waals surface area contributed by atoms with Crippen molar-refractivity contribution < 1.29 is 14.6 Å². The maximum absolute atomic E-state index is 10.4. The third-order valence-corrected chi connectivity index (χ3v) is 1.83. The van der Waals surface area contributed by atoms with E-state index in [0.717, 1.165) is 0 Å². The van der Waals surface area contributed by atoms with E-state index in [4.69, 9.17) is 9.84 Å². The van der Waals surface area contributed by atoms with Crippen molar-refractivity contribution in [2.45, 2.75) is 13.3 Å². The molecule has 0 aliphatic heterocycles. The summed E-state index contributed by atoms with van der Waals surface area (Å²) in [5.74, 6) is -0.785. The van der Waals surface area contributed by atoms with Crippen LogP contribution in [0.25, 0.3) is 0 Å². The van der Waals surface area contributed by atoms with Crippen LogP contribution in [0, 0.1) is 5.92 Å². The van der Waals surface area contributed by atoms with Crippen LogP contribution in [-0.2, 0) is 9.53 Å². The van der Waals surface area contributed by atoms with E-state index < -0.39 is 5.97 Å². The lowest BCUT2D eigenvalue weighted by Gasteiger charge is -2.07. The first-order chi connectivity index (χ1) is 5.22. The summed E-state index contributed by atoms with van der Waals surface area (Å²) in [4.78, 5) is 10.4. The van der Waals surface area contributed by atoms with E-state index in [1.165, 1.54) is 0 Å². The van der Waals surface area contributed by atoms with E-state index in [-0.39, 0.29) is 5.92 Å². The van der Waals surface area contributed by atoms with Gasteiger partial charge in [-0.3, -0.25) is 4.79 Å². The molecule has 0 rings (SSSR count). The first-order valence-corrected chi connectivity index (χ1v) is 4.27. The first kappa shape index (κ1) is 10.8. The van der Waals surface area contributed by atoms with Crippen LogP contribution in [0.15, 0.2) is 0 Å². The average Bonchev–Trinajstić information content (AvgIpc) is 1.97. The molecule has 4 heteroatoms. The number of hydrogen-bond donors (Lipinski definition) is 2. The van der Waals surface area contributed by atoms with Gasteiger partial charge in [-0.1, -0.05) is 0 Å². The van der Waals surface area contributed by atoms with Crippen LogP contribution in [0.4, 0.5) is 0 Å². The molecular weight excluding hydrogens is 164 g/mol. The third kappa shape index (κ3) is 5.09. The smallest absolute Gasteiger partial charge is 0.307 e. The molecule has 0 aromatic rings. The highest BCUT2D eigenvalue weighted by Crippen LogP contribution is 2.05. The zero-order valence-electron chi connectivity index (χ0n) is 6.62. The van der Waals surface area contributed by atoms with E-state index in [9.17, 15) is 4.79 Å². The molecular formula is C7H14O3S. The van der Waals surface area contributed by atoms with Crippen LogP contribution in [-0.4, -0.2) is 30.0 Å². The minimum atomic E-state index is -0.792. The van der Waals surface area contributed by atoms with Crippen LogP contribution in [0.1, 0.15) is 13.3 Å².